The molecule has 0 spiro atoms. The molecule has 2 N–H and O–H groups in total. The molecule has 0 rings (SSSR count). The van der Waals surface area contributed by atoms with Crippen molar-refractivity contribution in [1.29, 1.82) is 0 Å². The number of carbonyl (C=O) groups is 2. The van der Waals surface area contributed by atoms with E-state index in [1.54, 1.807) is 20.8 Å². The van der Waals surface area contributed by atoms with Gasteiger partial charge in [-0.3, -0.25) is 4.79 Å². The second-order valence-electron chi connectivity index (χ2n) is 4.70. The summed E-state index contributed by atoms with van der Waals surface area (Å²) in [6.45, 7) is 5.11. The van der Waals surface area contributed by atoms with E-state index in [1.807, 2.05) is 4.72 Å². The van der Waals surface area contributed by atoms with Gasteiger partial charge in [-0.25, -0.2) is 17.9 Å². The van der Waals surface area contributed by atoms with E-state index in [0.29, 0.717) is 0 Å². The molecule has 19 heavy (non-hydrogen) atoms. The summed E-state index contributed by atoms with van der Waals surface area (Å²) in [5.41, 5.74) is -0.581. The SMILES string of the molecule is C#CC[C@H](OC(=O)NC(C)(C)C)C(=O)S(=O)(=O)NC. The molecule has 0 saturated carbocycles. The van der Waals surface area contributed by atoms with Crippen molar-refractivity contribution in [3.05, 3.63) is 0 Å². The Bertz CT molecular complexity index is 484. The highest BCUT2D eigenvalue weighted by Gasteiger charge is 2.33. The largest absolute Gasteiger partial charge is 0.436 e. The molecule has 0 radical (unpaired) electrons. The van der Waals surface area contributed by atoms with Crippen LogP contribution in [-0.4, -0.2) is 38.3 Å². The van der Waals surface area contributed by atoms with Crippen LogP contribution in [0.2, 0.25) is 0 Å². The van der Waals surface area contributed by atoms with E-state index in [9.17, 15) is 18.0 Å². The normalized spacial score (nSPS) is 13.2. The summed E-state index contributed by atoms with van der Waals surface area (Å²) >= 11 is 0. The minimum absolute atomic E-state index is 0.322. The van der Waals surface area contributed by atoms with Gasteiger partial charge in [0, 0.05) is 5.54 Å². The molecule has 0 unspecified atom stereocenters. The number of sulfonamides is 1. The first kappa shape index (κ1) is 17.4. The lowest BCUT2D eigenvalue weighted by Gasteiger charge is -2.22. The highest BCUT2D eigenvalue weighted by Crippen LogP contribution is 2.07. The van der Waals surface area contributed by atoms with Crippen LogP contribution in [0.4, 0.5) is 4.79 Å². The lowest BCUT2D eigenvalue weighted by atomic mass is 10.1. The van der Waals surface area contributed by atoms with Crippen LogP contribution in [0.3, 0.4) is 0 Å². The Kier molecular flexibility index (Phi) is 5.99. The van der Waals surface area contributed by atoms with Gasteiger partial charge in [-0.1, -0.05) is 0 Å². The monoisotopic (exact) mass is 290 g/mol. The van der Waals surface area contributed by atoms with Crippen LogP contribution in [-0.2, 0) is 19.6 Å². The van der Waals surface area contributed by atoms with E-state index in [4.69, 9.17) is 11.2 Å². The number of rotatable bonds is 4. The van der Waals surface area contributed by atoms with Gasteiger partial charge in [0.05, 0.1) is 6.42 Å². The van der Waals surface area contributed by atoms with E-state index in [0.717, 1.165) is 7.05 Å². The van der Waals surface area contributed by atoms with Crippen LogP contribution < -0.4 is 10.0 Å². The highest BCUT2D eigenvalue weighted by molar-refractivity contribution is 8.04. The molecule has 1 atom stereocenters. The van der Waals surface area contributed by atoms with Crippen LogP contribution in [0.5, 0.6) is 0 Å². The Morgan fingerprint density at radius 2 is 1.89 bits per heavy atom. The number of alkyl carbamates (subject to hydrolysis) is 1. The average molecular weight is 290 g/mol. The molecule has 0 aromatic rings. The van der Waals surface area contributed by atoms with Crippen LogP contribution in [0, 0.1) is 12.3 Å². The summed E-state index contributed by atoms with van der Waals surface area (Å²) in [7, 11) is -3.12. The number of hydrogen-bond donors (Lipinski definition) is 2. The molecule has 0 aliphatic heterocycles. The molecular weight excluding hydrogens is 272 g/mol. The maximum atomic E-state index is 11.6. The van der Waals surface area contributed by atoms with Crippen molar-refractivity contribution >= 4 is 21.2 Å². The number of amides is 1. The summed E-state index contributed by atoms with van der Waals surface area (Å²) in [5, 5.41) is 1.15. The van der Waals surface area contributed by atoms with Gasteiger partial charge in [-0.15, -0.1) is 12.3 Å². The number of nitrogens with one attached hydrogen (secondary N) is 2. The summed E-state index contributed by atoms with van der Waals surface area (Å²) in [6, 6.07) is 0. The molecular formula is C11H18N2O5S. The quantitative estimate of drug-likeness (QED) is 0.708. The topological polar surface area (TPSA) is 102 Å². The predicted octanol–water partition coefficient (Wildman–Crippen LogP) is -0.0212. The Hall–Kier alpha value is -1.59. The van der Waals surface area contributed by atoms with E-state index in [-0.39, 0.29) is 6.42 Å². The first-order valence-electron chi connectivity index (χ1n) is 5.43. The van der Waals surface area contributed by atoms with Gasteiger partial charge in [0.15, 0.2) is 6.10 Å². The van der Waals surface area contributed by atoms with Crippen LogP contribution in [0.15, 0.2) is 0 Å². The number of hydrogen-bond acceptors (Lipinski definition) is 5. The molecule has 1 amide bonds. The maximum Gasteiger partial charge on any atom is 0.408 e. The molecule has 0 bridgehead atoms. The Balaban J connectivity index is 4.92. The molecule has 0 aliphatic carbocycles. The van der Waals surface area contributed by atoms with Crippen molar-refractivity contribution in [1.82, 2.24) is 10.0 Å². The van der Waals surface area contributed by atoms with Crippen molar-refractivity contribution in [2.24, 2.45) is 0 Å². The fraction of sp³-hybridized carbons (Fsp3) is 0.636. The Labute approximate surface area is 113 Å². The standard InChI is InChI=1S/C11H18N2O5S/c1-6-7-8(9(14)19(16,17)12-5)18-10(15)13-11(2,3)4/h1,8,12H,7H2,2-5H3,(H,13,15)/t8-/m0/s1. The highest BCUT2D eigenvalue weighted by atomic mass is 32.2. The van der Waals surface area contributed by atoms with Crippen LogP contribution >= 0.6 is 0 Å². The predicted molar refractivity (Wildman–Crippen MR) is 69.6 cm³/mol. The number of terminal acetylenes is 1. The molecule has 0 heterocycles. The van der Waals surface area contributed by atoms with Crippen LogP contribution in [0.1, 0.15) is 27.2 Å². The number of ether oxygens (including phenoxy) is 1. The fourth-order valence-corrected chi connectivity index (χ4v) is 1.70. The van der Waals surface area contributed by atoms with Gasteiger partial charge < -0.3 is 10.1 Å². The third-order valence-corrected chi connectivity index (χ3v) is 3.16. The molecule has 0 aromatic carbocycles. The van der Waals surface area contributed by atoms with Crippen molar-refractivity contribution in [2.75, 3.05) is 7.05 Å². The second kappa shape index (κ2) is 6.54. The minimum Gasteiger partial charge on any atom is -0.436 e. The van der Waals surface area contributed by atoms with Gasteiger partial charge in [0.2, 0.25) is 0 Å². The summed E-state index contributed by atoms with van der Waals surface area (Å²) in [6.07, 6.45) is 2.26. The van der Waals surface area contributed by atoms with Crippen molar-refractivity contribution in [3.8, 4) is 12.3 Å². The molecule has 0 aromatic heterocycles. The summed E-state index contributed by atoms with van der Waals surface area (Å²) in [5.74, 6) is 2.10. The molecule has 0 fully saturated rings. The first-order valence-corrected chi connectivity index (χ1v) is 6.91. The zero-order valence-corrected chi connectivity index (χ0v) is 12.1. The fourth-order valence-electron chi connectivity index (χ4n) is 1.02. The van der Waals surface area contributed by atoms with Crippen molar-refractivity contribution in [2.45, 2.75) is 38.8 Å². The molecule has 0 aliphatic rings. The molecule has 8 heteroatoms. The lowest BCUT2D eigenvalue weighted by Crippen LogP contribution is -2.45. The van der Waals surface area contributed by atoms with Crippen molar-refractivity contribution in [3.63, 3.8) is 0 Å². The Morgan fingerprint density at radius 3 is 2.26 bits per heavy atom. The van der Waals surface area contributed by atoms with Crippen molar-refractivity contribution < 1.29 is 22.7 Å². The summed E-state index contributed by atoms with van der Waals surface area (Å²) in [4.78, 5) is 23.1. The maximum absolute atomic E-state index is 11.6. The Morgan fingerprint density at radius 1 is 1.37 bits per heavy atom. The van der Waals surface area contributed by atoms with E-state index in [2.05, 4.69) is 11.2 Å². The van der Waals surface area contributed by atoms with Gasteiger partial charge in [0.25, 0.3) is 10.0 Å². The van der Waals surface area contributed by atoms with Crippen LogP contribution in [0.25, 0.3) is 0 Å². The number of carbonyl (C=O) groups excluding carboxylic acids is 2. The zero-order chi connectivity index (χ0) is 15.3. The second-order valence-corrected chi connectivity index (χ2v) is 6.52. The smallest absolute Gasteiger partial charge is 0.408 e. The van der Waals surface area contributed by atoms with Gasteiger partial charge >= 0.3 is 11.2 Å². The zero-order valence-electron chi connectivity index (χ0n) is 11.3. The molecule has 108 valence electrons. The van der Waals surface area contributed by atoms with Gasteiger partial charge in [-0.2, -0.15) is 0 Å². The average Bonchev–Trinajstić information content (AvgIpc) is 2.25. The first-order chi connectivity index (χ1) is 8.53. The third-order valence-electron chi connectivity index (χ3n) is 1.83. The van der Waals surface area contributed by atoms with E-state index in [1.165, 1.54) is 0 Å². The molecule has 0 saturated heterocycles. The van der Waals surface area contributed by atoms with Gasteiger partial charge in [-0.05, 0) is 27.8 Å². The molecule has 7 nitrogen and oxygen atoms in total. The lowest BCUT2D eigenvalue weighted by molar-refractivity contribution is -0.119. The van der Waals surface area contributed by atoms with E-state index >= 15 is 0 Å². The van der Waals surface area contributed by atoms with E-state index < -0.39 is 32.9 Å². The minimum atomic E-state index is -4.20. The summed E-state index contributed by atoms with van der Waals surface area (Å²) < 4.78 is 29.3. The third kappa shape index (κ3) is 6.22. The van der Waals surface area contributed by atoms with Gasteiger partial charge in [0.1, 0.15) is 0 Å².